The van der Waals surface area contributed by atoms with Gasteiger partial charge < -0.3 is 31.7 Å². The summed E-state index contributed by atoms with van der Waals surface area (Å²) in [6, 6.07) is 0. The molecule has 0 aromatic rings. The van der Waals surface area contributed by atoms with Crippen LogP contribution in [0.4, 0.5) is 0 Å². The van der Waals surface area contributed by atoms with E-state index in [1.165, 1.54) is 0 Å². The molecule has 2 aliphatic rings. The van der Waals surface area contributed by atoms with Crippen molar-refractivity contribution in [1.29, 1.82) is 0 Å². The average Bonchev–Trinajstić information content (AvgIpc) is 2.87. The van der Waals surface area contributed by atoms with Gasteiger partial charge in [0.2, 0.25) is 0 Å². The van der Waals surface area contributed by atoms with Gasteiger partial charge in [-0.1, -0.05) is 0 Å². The Labute approximate surface area is 126 Å². The Hall–Kier alpha value is 0.423. The van der Waals surface area contributed by atoms with Crippen molar-refractivity contribution < 1.29 is 51.0 Å². The summed E-state index contributed by atoms with van der Waals surface area (Å²) in [4.78, 5) is 0. The van der Waals surface area contributed by atoms with Crippen LogP contribution < -0.4 is 24.8 Å². The molecular weight excluding hydrogens is 306 g/mol. The molecule has 0 saturated carbocycles. The molecule has 0 spiro atoms. The fraction of sp³-hybridized carbons (Fsp3) is 0.250. The Morgan fingerprint density at radius 2 is 1.20 bits per heavy atom. The minimum Gasteiger partial charge on any atom is -1.00 e. The van der Waals surface area contributed by atoms with E-state index in [0.29, 0.717) is 0 Å². The zero-order valence-corrected chi connectivity index (χ0v) is 12.8. The Bertz CT molecular complexity index is 152. The van der Waals surface area contributed by atoms with Crippen molar-refractivity contribution in [1.82, 2.24) is 0 Å². The summed E-state index contributed by atoms with van der Waals surface area (Å²) in [6.07, 6.45) is 20.0. The van der Waals surface area contributed by atoms with Gasteiger partial charge in [0.25, 0.3) is 0 Å². The monoisotopic (exact) mass is 319 g/mol. The van der Waals surface area contributed by atoms with Crippen molar-refractivity contribution in [2.45, 2.75) is 19.8 Å². The predicted molar refractivity (Wildman–Crippen MR) is 54.2 cm³/mol. The van der Waals surface area contributed by atoms with Gasteiger partial charge in [0, 0.05) is 0 Å². The summed E-state index contributed by atoms with van der Waals surface area (Å²) in [6.45, 7) is 5.00. The van der Waals surface area contributed by atoms with E-state index in [-0.39, 0.29) is 51.0 Å². The van der Waals surface area contributed by atoms with Gasteiger partial charge in [-0.3, -0.25) is 12.2 Å². The predicted octanol–water partition coefficient (Wildman–Crippen LogP) is -2.54. The van der Waals surface area contributed by atoms with Crippen LogP contribution in [0.15, 0.2) is 36.5 Å². The number of rotatable bonds is 0. The van der Waals surface area contributed by atoms with Crippen molar-refractivity contribution in [3.8, 4) is 0 Å². The molecule has 15 heavy (non-hydrogen) atoms. The normalized spacial score (nSPS) is 12.1. The van der Waals surface area contributed by atoms with Crippen LogP contribution in [0.3, 0.4) is 0 Å². The quantitative estimate of drug-likeness (QED) is 0.431. The first-order valence-electron chi connectivity index (χ1n) is 4.14. The van der Waals surface area contributed by atoms with Gasteiger partial charge in [-0.25, -0.2) is 24.3 Å². The zero-order valence-electron chi connectivity index (χ0n) is 8.84. The van der Waals surface area contributed by atoms with Gasteiger partial charge in [0.15, 0.2) is 0 Å². The molecule has 0 fully saturated rings. The van der Waals surface area contributed by atoms with Crippen LogP contribution in [0.5, 0.6) is 0 Å². The molecule has 3 heteroatoms. The number of halogens is 2. The number of allylic oxidation sites excluding steroid dienone is 8. The molecule has 0 nitrogen and oxygen atoms in total. The van der Waals surface area contributed by atoms with E-state index in [4.69, 9.17) is 0 Å². The summed E-state index contributed by atoms with van der Waals surface area (Å²) >= 11 is 0. The minimum absolute atomic E-state index is 0. The van der Waals surface area contributed by atoms with E-state index in [2.05, 4.69) is 31.2 Å². The molecule has 0 unspecified atom stereocenters. The summed E-state index contributed by atoms with van der Waals surface area (Å²) in [7, 11) is 0. The standard InChI is InChI=1S/2C5H5.C2H5.2ClH.Zr/c2*1-2-4-5-3-1;1-2;;;/h2*1-3H,4H2;1H2,2H3;2*1H;/q3*-1;;;+2/p-2. The topological polar surface area (TPSA) is 0 Å². The van der Waals surface area contributed by atoms with Crippen LogP contribution in [0.2, 0.25) is 0 Å². The van der Waals surface area contributed by atoms with Crippen molar-refractivity contribution in [3.63, 3.8) is 0 Å². The second-order valence-electron chi connectivity index (χ2n) is 2.01. The Kier molecular flexibility index (Phi) is 39.2. The summed E-state index contributed by atoms with van der Waals surface area (Å²) < 4.78 is 0. The molecule has 0 amide bonds. The summed E-state index contributed by atoms with van der Waals surface area (Å²) in [5.41, 5.74) is 0. The Balaban J connectivity index is -0.0000000592. The third-order valence-corrected chi connectivity index (χ3v) is 1.17. The van der Waals surface area contributed by atoms with Crippen molar-refractivity contribution in [2.75, 3.05) is 0 Å². The van der Waals surface area contributed by atoms with Crippen LogP contribution in [0.1, 0.15) is 19.8 Å². The molecule has 0 aromatic carbocycles. The Morgan fingerprint density at radius 3 is 1.27 bits per heavy atom. The Morgan fingerprint density at radius 1 is 0.867 bits per heavy atom. The van der Waals surface area contributed by atoms with Crippen LogP contribution in [0.25, 0.3) is 0 Å². The molecule has 0 N–H and O–H groups in total. The van der Waals surface area contributed by atoms with Crippen molar-refractivity contribution in [3.05, 3.63) is 55.5 Å². The fourth-order valence-corrected chi connectivity index (χ4v) is 0.680. The second-order valence-corrected chi connectivity index (χ2v) is 2.01. The van der Waals surface area contributed by atoms with Gasteiger partial charge in [-0.2, -0.15) is 19.1 Å². The third-order valence-electron chi connectivity index (χ3n) is 1.17. The SMILES string of the molecule is [C-]1=CC=CC1.[C-]1=CC=CC1.[CH2-]C.[Cl-].[Cl-].[Zr+2]. The fourth-order valence-electron chi connectivity index (χ4n) is 0.680. The van der Waals surface area contributed by atoms with Crippen LogP contribution in [-0.4, -0.2) is 0 Å². The molecule has 0 aliphatic heterocycles. The van der Waals surface area contributed by atoms with Crippen LogP contribution >= 0.6 is 0 Å². The van der Waals surface area contributed by atoms with E-state index >= 15 is 0 Å². The third kappa shape index (κ3) is 20.5. The van der Waals surface area contributed by atoms with Crippen molar-refractivity contribution >= 4 is 0 Å². The number of hydrogen-bond acceptors (Lipinski definition) is 0. The first kappa shape index (κ1) is 24.6. The summed E-state index contributed by atoms with van der Waals surface area (Å²) in [5, 5.41) is 0. The second kappa shape index (κ2) is 23.9. The van der Waals surface area contributed by atoms with Crippen molar-refractivity contribution in [2.24, 2.45) is 0 Å². The molecule has 84 valence electrons. The molecule has 2 aliphatic carbocycles. The van der Waals surface area contributed by atoms with Gasteiger partial charge in [0.05, 0.1) is 0 Å². The molecule has 0 atom stereocenters. The van der Waals surface area contributed by atoms with Gasteiger partial charge >= 0.3 is 26.2 Å². The molecule has 0 aromatic heterocycles. The van der Waals surface area contributed by atoms with E-state index in [1.54, 1.807) is 6.92 Å². The largest absolute Gasteiger partial charge is 2.00 e. The maximum absolute atomic E-state index is 3.25. The number of hydrogen-bond donors (Lipinski definition) is 0. The average molecular weight is 321 g/mol. The molecule has 0 heterocycles. The zero-order chi connectivity index (χ0) is 9.07. The molecule has 2 rings (SSSR count). The first-order valence-corrected chi connectivity index (χ1v) is 4.14. The van der Waals surface area contributed by atoms with Crippen LogP contribution in [0, 0.1) is 19.1 Å². The molecule has 0 bridgehead atoms. The van der Waals surface area contributed by atoms with Crippen LogP contribution in [-0.2, 0) is 26.2 Å². The van der Waals surface area contributed by atoms with Gasteiger partial charge in [-0.15, -0.1) is 12.8 Å². The first-order chi connectivity index (χ1) is 6.00. The maximum atomic E-state index is 3.25. The molecule has 0 radical (unpaired) electrons. The van der Waals surface area contributed by atoms with E-state index in [0.717, 1.165) is 12.8 Å². The molecular formula is C12H15Cl2Zr-3. The minimum atomic E-state index is 0. The smallest absolute Gasteiger partial charge is 1.00 e. The van der Waals surface area contributed by atoms with Gasteiger partial charge in [0.1, 0.15) is 0 Å². The molecule has 0 saturated heterocycles. The maximum Gasteiger partial charge on any atom is 2.00 e. The van der Waals surface area contributed by atoms with Gasteiger partial charge in [-0.05, 0) is 0 Å². The summed E-state index contributed by atoms with van der Waals surface area (Å²) in [5.74, 6) is 0. The van der Waals surface area contributed by atoms with E-state index < -0.39 is 0 Å². The van der Waals surface area contributed by atoms with E-state index in [1.807, 2.05) is 24.3 Å². The van der Waals surface area contributed by atoms with E-state index in [9.17, 15) is 0 Å².